The third kappa shape index (κ3) is 2.59. The Morgan fingerprint density at radius 2 is 1.96 bits per heavy atom. The maximum absolute atomic E-state index is 12.3. The van der Waals surface area contributed by atoms with Crippen LogP contribution in [-0.4, -0.2) is 13.0 Å². The van der Waals surface area contributed by atoms with Crippen LogP contribution in [0.15, 0.2) is 60.0 Å². The average Bonchev–Trinajstić information content (AvgIpc) is 3.05. The van der Waals surface area contributed by atoms with Crippen molar-refractivity contribution in [3.05, 3.63) is 70.4 Å². The third-order valence-electron chi connectivity index (χ3n) is 4.37. The lowest BCUT2D eigenvalue weighted by Crippen LogP contribution is -2.22. The maximum Gasteiger partial charge on any atom is 0.225 e. The lowest BCUT2D eigenvalue weighted by atomic mass is 9.89. The van der Waals surface area contributed by atoms with E-state index in [1.165, 1.54) is 4.88 Å². The minimum Gasteiger partial charge on any atom is -0.497 e. The summed E-state index contributed by atoms with van der Waals surface area (Å²) in [5, 5.41) is 5.21. The number of benzene rings is 2. The van der Waals surface area contributed by atoms with E-state index in [-0.39, 0.29) is 11.8 Å². The number of rotatable bonds is 3. The van der Waals surface area contributed by atoms with Gasteiger partial charge in [0.25, 0.3) is 0 Å². The summed E-state index contributed by atoms with van der Waals surface area (Å²) in [6.45, 7) is 0. The van der Waals surface area contributed by atoms with Crippen LogP contribution in [0, 0.1) is 0 Å². The molecular formula is C20H17NO2S. The van der Waals surface area contributed by atoms with Crippen LogP contribution in [0.3, 0.4) is 0 Å². The van der Waals surface area contributed by atoms with Crippen LogP contribution in [-0.2, 0) is 4.79 Å². The second-order valence-electron chi connectivity index (χ2n) is 5.84. The van der Waals surface area contributed by atoms with Crippen molar-refractivity contribution >= 4 is 22.9 Å². The normalized spacial score (nSPS) is 16.4. The lowest BCUT2D eigenvalue weighted by Gasteiger charge is -2.24. The predicted molar refractivity (Wildman–Crippen MR) is 97.8 cm³/mol. The Bertz CT molecular complexity index is 886. The molecule has 4 rings (SSSR count). The molecule has 1 aliphatic rings. The Labute approximate surface area is 144 Å². The van der Waals surface area contributed by atoms with Gasteiger partial charge in [0.2, 0.25) is 5.91 Å². The van der Waals surface area contributed by atoms with Crippen LogP contribution in [0.25, 0.3) is 11.1 Å². The molecule has 1 amide bonds. The van der Waals surface area contributed by atoms with Crippen LogP contribution < -0.4 is 10.1 Å². The Balaban J connectivity index is 1.81. The van der Waals surface area contributed by atoms with Gasteiger partial charge >= 0.3 is 0 Å². The van der Waals surface area contributed by atoms with Crippen molar-refractivity contribution < 1.29 is 9.53 Å². The van der Waals surface area contributed by atoms with Crippen LogP contribution in [0.4, 0.5) is 5.69 Å². The second kappa shape index (κ2) is 6.13. The summed E-state index contributed by atoms with van der Waals surface area (Å²) < 4.78 is 5.34. The molecule has 0 aliphatic carbocycles. The van der Waals surface area contributed by atoms with E-state index in [0.29, 0.717) is 6.42 Å². The number of carbonyl (C=O) groups excluding carboxylic acids is 1. The summed E-state index contributed by atoms with van der Waals surface area (Å²) in [6.07, 6.45) is 0.467. The predicted octanol–water partition coefficient (Wildman–Crippen LogP) is 4.90. The highest BCUT2D eigenvalue weighted by atomic mass is 32.1. The smallest absolute Gasteiger partial charge is 0.225 e. The van der Waals surface area contributed by atoms with Crippen LogP contribution in [0.2, 0.25) is 0 Å². The van der Waals surface area contributed by atoms with Gasteiger partial charge in [-0.25, -0.2) is 0 Å². The molecule has 0 unspecified atom stereocenters. The van der Waals surface area contributed by atoms with Crippen LogP contribution in [0.1, 0.15) is 22.8 Å². The first-order valence-corrected chi connectivity index (χ1v) is 8.75. The zero-order chi connectivity index (χ0) is 16.5. The number of hydrogen-bond acceptors (Lipinski definition) is 3. The summed E-state index contributed by atoms with van der Waals surface area (Å²) >= 11 is 1.71. The molecule has 1 N–H and O–H groups in total. The van der Waals surface area contributed by atoms with Crippen molar-refractivity contribution in [1.29, 1.82) is 0 Å². The van der Waals surface area contributed by atoms with Crippen molar-refractivity contribution in [3.63, 3.8) is 0 Å². The first kappa shape index (κ1) is 15.0. The molecule has 0 saturated heterocycles. The SMILES string of the molecule is COc1cccc([C@H]2CC(=O)Nc3c(-c4ccccc4)csc32)c1. The van der Waals surface area contributed by atoms with E-state index < -0.39 is 0 Å². The number of methoxy groups -OCH3 is 1. The van der Waals surface area contributed by atoms with Gasteiger partial charge in [0, 0.05) is 28.2 Å². The highest BCUT2D eigenvalue weighted by molar-refractivity contribution is 7.11. The molecule has 0 fully saturated rings. The molecule has 120 valence electrons. The van der Waals surface area contributed by atoms with E-state index in [1.807, 2.05) is 36.4 Å². The average molecular weight is 335 g/mol. The molecule has 4 heteroatoms. The summed E-state index contributed by atoms with van der Waals surface area (Å²) in [7, 11) is 1.66. The van der Waals surface area contributed by atoms with Crippen molar-refractivity contribution in [3.8, 4) is 16.9 Å². The van der Waals surface area contributed by atoms with E-state index >= 15 is 0 Å². The standard InChI is InChI=1S/C20H17NO2S/c1-23-15-9-5-8-14(10-15)16-11-18(22)21-19-17(12-24-20(16)19)13-6-3-2-4-7-13/h2-10,12,16H,11H2,1H3,(H,21,22)/t16-/m1/s1. The molecule has 1 aromatic heterocycles. The topological polar surface area (TPSA) is 38.3 Å². The van der Waals surface area contributed by atoms with E-state index in [2.05, 4.69) is 28.9 Å². The number of thiophene rings is 1. The molecule has 0 spiro atoms. The van der Waals surface area contributed by atoms with Gasteiger partial charge in [-0.05, 0) is 23.3 Å². The van der Waals surface area contributed by atoms with Crippen molar-refractivity contribution in [2.45, 2.75) is 12.3 Å². The minimum atomic E-state index is 0.0610. The minimum absolute atomic E-state index is 0.0610. The summed E-state index contributed by atoms with van der Waals surface area (Å²) in [5.74, 6) is 0.956. The Morgan fingerprint density at radius 1 is 1.12 bits per heavy atom. The van der Waals surface area contributed by atoms with Gasteiger partial charge < -0.3 is 10.1 Å². The van der Waals surface area contributed by atoms with Gasteiger partial charge in [0.15, 0.2) is 0 Å². The van der Waals surface area contributed by atoms with Crippen LogP contribution >= 0.6 is 11.3 Å². The monoisotopic (exact) mass is 335 g/mol. The molecule has 0 bridgehead atoms. The van der Waals surface area contributed by atoms with Gasteiger partial charge in [-0.3, -0.25) is 4.79 Å². The summed E-state index contributed by atoms with van der Waals surface area (Å²) in [6, 6.07) is 18.2. The van der Waals surface area contributed by atoms with E-state index in [9.17, 15) is 4.79 Å². The number of anilines is 1. The zero-order valence-electron chi connectivity index (χ0n) is 13.3. The largest absolute Gasteiger partial charge is 0.497 e. The number of ether oxygens (including phenoxy) is 1. The molecule has 3 aromatic rings. The highest BCUT2D eigenvalue weighted by Crippen LogP contribution is 2.46. The summed E-state index contributed by atoms with van der Waals surface area (Å²) in [5.41, 5.74) is 4.29. The summed E-state index contributed by atoms with van der Waals surface area (Å²) in [4.78, 5) is 13.5. The fourth-order valence-corrected chi connectivity index (χ4v) is 4.35. The number of hydrogen-bond donors (Lipinski definition) is 1. The molecule has 3 nitrogen and oxygen atoms in total. The molecule has 1 aliphatic heterocycles. The van der Waals surface area contributed by atoms with Gasteiger partial charge in [-0.1, -0.05) is 42.5 Å². The molecule has 0 saturated carbocycles. The van der Waals surface area contributed by atoms with Crippen molar-refractivity contribution in [1.82, 2.24) is 0 Å². The number of carbonyl (C=O) groups is 1. The van der Waals surface area contributed by atoms with Crippen molar-refractivity contribution in [2.24, 2.45) is 0 Å². The third-order valence-corrected chi connectivity index (χ3v) is 5.47. The lowest BCUT2D eigenvalue weighted by molar-refractivity contribution is -0.116. The van der Waals surface area contributed by atoms with Crippen molar-refractivity contribution in [2.75, 3.05) is 12.4 Å². The van der Waals surface area contributed by atoms with Gasteiger partial charge in [-0.2, -0.15) is 0 Å². The van der Waals surface area contributed by atoms with Gasteiger partial charge in [-0.15, -0.1) is 11.3 Å². The Morgan fingerprint density at radius 3 is 2.75 bits per heavy atom. The molecule has 2 aromatic carbocycles. The maximum atomic E-state index is 12.3. The fraction of sp³-hybridized carbons (Fsp3) is 0.150. The molecule has 2 heterocycles. The van der Waals surface area contributed by atoms with Gasteiger partial charge in [0.05, 0.1) is 12.8 Å². The quantitative estimate of drug-likeness (QED) is 0.739. The Kier molecular flexibility index (Phi) is 3.82. The van der Waals surface area contributed by atoms with E-state index in [0.717, 1.165) is 28.1 Å². The van der Waals surface area contributed by atoms with E-state index in [1.54, 1.807) is 18.4 Å². The zero-order valence-corrected chi connectivity index (χ0v) is 14.1. The first-order valence-electron chi connectivity index (χ1n) is 7.87. The first-order chi connectivity index (χ1) is 11.8. The number of amides is 1. The van der Waals surface area contributed by atoms with Gasteiger partial charge in [0.1, 0.15) is 5.75 Å². The molecule has 24 heavy (non-hydrogen) atoms. The highest BCUT2D eigenvalue weighted by Gasteiger charge is 2.30. The van der Waals surface area contributed by atoms with Crippen LogP contribution in [0.5, 0.6) is 5.75 Å². The fourth-order valence-electron chi connectivity index (χ4n) is 3.18. The second-order valence-corrected chi connectivity index (χ2v) is 6.75. The molecular weight excluding hydrogens is 318 g/mol. The molecule has 0 radical (unpaired) electrons. The molecule has 1 atom stereocenters. The number of fused-ring (bicyclic) bond motifs is 1. The number of nitrogens with one attached hydrogen (secondary N) is 1. The van der Waals surface area contributed by atoms with E-state index in [4.69, 9.17) is 4.74 Å². The Hall–Kier alpha value is -2.59.